The largest absolute Gasteiger partial charge is 0.491 e. The van der Waals surface area contributed by atoms with Gasteiger partial charge in [-0.25, -0.2) is 0 Å². The molecule has 0 heterocycles. The number of hydrogen-bond donors (Lipinski definition) is 1. The van der Waals surface area contributed by atoms with E-state index in [0.717, 1.165) is 24.2 Å². The van der Waals surface area contributed by atoms with Gasteiger partial charge in [-0.1, -0.05) is 57.0 Å². The van der Waals surface area contributed by atoms with E-state index in [2.05, 4.69) is 36.9 Å². The van der Waals surface area contributed by atoms with Crippen LogP contribution in [-0.2, 0) is 0 Å². The lowest BCUT2D eigenvalue weighted by Gasteiger charge is -2.25. The van der Waals surface area contributed by atoms with Crippen LogP contribution in [0.1, 0.15) is 39.5 Å². The highest BCUT2D eigenvalue weighted by atomic mass is 16.5. The molecule has 1 unspecified atom stereocenters. The predicted octanol–water partition coefficient (Wildman–Crippen LogP) is 4.48. The molecule has 132 valence electrons. The van der Waals surface area contributed by atoms with Crippen LogP contribution >= 0.6 is 0 Å². The van der Waals surface area contributed by atoms with E-state index in [9.17, 15) is 5.11 Å². The first kappa shape index (κ1) is 18.8. The van der Waals surface area contributed by atoms with Crippen LogP contribution in [0, 0.1) is 0 Å². The Bertz CT molecular complexity index is 591. The second-order valence-electron chi connectivity index (χ2n) is 6.48. The fourth-order valence-electron chi connectivity index (χ4n) is 2.86. The van der Waals surface area contributed by atoms with Crippen molar-refractivity contribution in [3.8, 4) is 5.75 Å². The van der Waals surface area contributed by atoms with Crippen LogP contribution in [0.15, 0.2) is 42.5 Å². The van der Waals surface area contributed by atoms with Gasteiger partial charge in [-0.3, -0.25) is 0 Å². The molecule has 2 aromatic carbocycles. The first-order valence-electron chi connectivity index (χ1n) is 9.25. The van der Waals surface area contributed by atoms with E-state index in [1.165, 1.54) is 31.1 Å². The van der Waals surface area contributed by atoms with E-state index in [4.69, 9.17) is 4.74 Å². The molecule has 0 aliphatic heterocycles. The number of fused-ring (bicyclic) bond motifs is 1. The Morgan fingerprint density at radius 2 is 1.62 bits per heavy atom. The molecule has 0 saturated heterocycles. The maximum atomic E-state index is 10.3. The molecular weight excluding hydrogens is 298 g/mol. The van der Waals surface area contributed by atoms with Crippen molar-refractivity contribution < 1.29 is 9.84 Å². The lowest BCUT2D eigenvalue weighted by molar-refractivity contribution is 0.0672. The normalized spacial score (nSPS) is 12.7. The van der Waals surface area contributed by atoms with Gasteiger partial charge in [0.05, 0.1) is 0 Å². The summed E-state index contributed by atoms with van der Waals surface area (Å²) in [6, 6.07) is 14.3. The van der Waals surface area contributed by atoms with Gasteiger partial charge in [-0.15, -0.1) is 0 Å². The third-order valence-electron chi connectivity index (χ3n) is 4.29. The van der Waals surface area contributed by atoms with Crippen LogP contribution < -0.4 is 4.74 Å². The zero-order chi connectivity index (χ0) is 17.2. The van der Waals surface area contributed by atoms with Gasteiger partial charge < -0.3 is 14.7 Å². The van der Waals surface area contributed by atoms with Gasteiger partial charge in [-0.05, 0) is 48.8 Å². The highest BCUT2D eigenvalue weighted by Crippen LogP contribution is 2.20. The van der Waals surface area contributed by atoms with Crippen molar-refractivity contribution in [2.45, 2.75) is 45.6 Å². The lowest BCUT2D eigenvalue weighted by Crippen LogP contribution is -2.36. The summed E-state index contributed by atoms with van der Waals surface area (Å²) in [6.07, 6.45) is 4.29. The van der Waals surface area contributed by atoms with Crippen LogP contribution in [0.4, 0.5) is 0 Å². The summed E-state index contributed by atoms with van der Waals surface area (Å²) in [5.74, 6) is 0.821. The SMILES string of the molecule is CCCCN(CCCC)CC(O)COc1ccc2ccccc2c1. The summed E-state index contributed by atoms with van der Waals surface area (Å²) in [5, 5.41) is 12.7. The quantitative estimate of drug-likeness (QED) is 0.659. The minimum absolute atomic E-state index is 0.340. The Labute approximate surface area is 146 Å². The standard InChI is InChI=1S/C21H31NO2/c1-3-5-13-22(14-6-4-2)16-20(23)17-24-21-12-11-18-9-7-8-10-19(18)15-21/h7-12,15,20,23H,3-6,13-14,16-17H2,1-2H3. The molecule has 0 bridgehead atoms. The fourth-order valence-corrected chi connectivity index (χ4v) is 2.86. The van der Waals surface area contributed by atoms with Gasteiger partial charge in [0.25, 0.3) is 0 Å². The molecule has 1 atom stereocenters. The summed E-state index contributed by atoms with van der Waals surface area (Å²) in [6.45, 7) is 7.56. The van der Waals surface area contributed by atoms with Gasteiger partial charge in [0.15, 0.2) is 0 Å². The molecule has 0 saturated carbocycles. The van der Waals surface area contributed by atoms with Crippen LogP contribution in [-0.4, -0.2) is 42.4 Å². The van der Waals surface area contributed by atoms with Crippen molar-refractivity contribution in [3.63, 3.8) is 0 Å². The molecule has 0 aliphatic carbocycles. The second-order valence-corrected chi connectivity index (χ2v) is 6.48. The number of ether oxygens (including phenoxy) is 1. The Morgan fingerprint density at radius 3 is 2.29 bits per heavy atom. The van der Waals surface area contributed by atoms with E-state index in [-0.39, 0.29) is 0 Å². The van der Waals surface area contributed by atoms with Crippen LogP contribution in [0.5, 0.6) is 5.75 Å². The molecule has 0 radical (unpaired) electrons. The molecule has 2 aromatic rings. The molecule has 24 heavy (non-hydrogen) atoms. The Hall–Kier alpha value is -1.58. The van der Waals surface area contributed by atoms with E-state index in [0.29, 0.717) is 13.2 Å². The van der Waals surface area contributed by atoms with Crippen LogP contribution in [0.2, 0.25) is 0 Å². The van der Waals surface area contributed by atoms with Crippen molar-refractivity contribution in [2.75, 3.05) is 26.2 Å². The van der Waals surface area contributed by atoms with Crippen molar-refractivity contribution in [2.24, 2.45) is 0 Å². The molecule has 0 amide bonds. The number of rotatable bonds is 11. The van der Waals surface area contributed by atoms with E-state index < -0.39 is 6.10 Å². The number of nitrogens with zero attached hydrogens (tertiary/aromatic N) is 1. The first-order valence-corrected chi connectivity index (χ1v) is 9.25. The summed E-state index contributed by atoms with van der Waals surface area (Å²) in [5.41, 5.74) is 0. The number of aliphatic hydroxyl groups is 1. The monoisotopic (exact) mass is 329 g/mol. The fraction of sp³-hybridized carbons (Fsp3) is 0.524. The van der Waals surface area contributed by atoms with Crippen molar-refractivity contribution in [1.82, 2.24) is 4.90 Å². The van der Waals surface area contributed by atoms with Gasteiger partial charge >= 0.3 is 0 Å². The zero-order valence-corrected chi connectivity index (χ0v) is 15.1. The van der Waals surface area contributed by atoms with Gasteiger partial charge in [0, 0.05) is 6.54 Å². The van der Waals surface area contributed by atoms with E-state index in [1.807, 2.05) is 24.3 Å². The number of benzene rings is 2. The Balaban J connectivity index is 1.84. The zero-order valence-electron chi connectivity index (χ0n) is 15.1. The van der Waals surface area contributed by atoms with E-state index >= 15 is 0 Å². The summed E-state index contributed by atoms with van der Waals surface area (Å²) < 4.78 is 5.81. The molecule has 0 fully saturated rings. The molecule has 1 N–H and O–H groups in total. The number of unbranched alkanes of at least 4 members (excludes halogenated alkanes) is 2. The Morgan fingerprint density at radius 1 is 0.958 bits per heavy atom. The second kappa shape index (κ2) is 10.3. The lowest BCUT2D eigenvalue weighted by atomic mass is 10.1. The maximum Gasteiger partial charge on any atom is 0.120 e. The third-order valence-corrected chi connectivity index (χ3v) is 4.29. The summed E-state index contributed by atoms with van der Waals surface area (Å²) in [7, 11) is 0. The Kier molecular flexibility index (Phi) is 8.06. The van der Waals surface area contributed by atoms with Crippen LogP contribution in [0.3, 0.4) is 0 Å². The molecule has 2 rings (SSSR count). The highest BCUT2D eigenvalue weighted by molar-refractivity contribution is 5.83. The molecule has 3 heteroatoms. The minimum Gasteiger partial charge on any atom is -0.491 e. The van der Waals surface area contributed by atoms with Gasteiger partial charge in [0.2, 0.25) is 0 Å². The van der Waals surface area contributed by atoms with Crippen LogP contribution in [0.25, 0.3) is 10.8 Å². The molecular formula is C21H31NO2. The molecule has 0 spiro atoms. The van der Waals surface area contributed by atoms with Crippen molar-refractivity contribution >= 4 is 10.8 Å². The molecule has 0 aromatic heterocycles. The number of hydrogen-bond acceptors (Lipinski definition) is 3. The van der Waals surface area contributed by atoms with Crippen molar-refractivity contribution in [3.05, 3.63) is 42.5 Å². The van der Waals surface area contributed by atoms with Crippen molar-refractivity contribution in [1.29, 1.82) is 0 Å². The maximum absolute atomic E-state index is 10.3. The minimum atomic E-state index is -0.454. The summed E-state index contributed by atoms with van der Waals surface area (Å²) in [4.78, 5) is 2.36. The molecule has 0 aliphatic rings. The smallest absolute Gasteiger partial charge is 0.120 e. The topological polar surface area (TPSA) is 32.7 Å². The van der Waals surface area contributed by atoms with E-state index in [1.54, 1.807) is 0 Å². The first-order chi connectivity index (χ1) is 11.7. The highest BCUT2D eigenvalue weighted by Gasteiger charge is 2.12. The third kappa shape index (κ3) is 6.14. The summed E-state index contributed by atoms with van der Waals surface area (Å²) >= 11 is 0. The average Bonchev–Trinajstić information content (AvgIpc) is 2.62. The number of aliphatic hydroxyl groups excluding tert-OH is 1. The average molecular weight is 329 g/mol. The van der Waals surface area contributed by atoms with Gasteiger partial charge in [0.1, 0.15) is 18.5 Å². The molecule has 3 nitrogen and oxygen atoms in total. The van der Waals surface area contributed by atoms with Gasteiger partial charge in [-0.2, -0.15) is 0 Å². The predicted molar refractivity (Wildman–Crippen MR) is 102 cm³/mol.